The monoisotopic (exact) mass is 283 g/mol. The van der Waals surface area contributed by atoms with Crippen LogP contribution in [0.3, 0.4) is 0 Å². The summed E-state index contributed by atoms with van der Waals surface area (Å²) < 4.78 is 23.0. The fourth-order valence-corrected chi connectivity index (χ4v) is 3.07. The number of fused-ring (bicyclic) bond motifs is 1. The molecule has 20 heavy (non-hydrogen) atoms. The van der Waals surface area contributed by atoms with E-state index in [9.17, 15) is 5.26 Å². The zero-order valence-electron chi connectivity index (χ0n) is 13.0. The first kappa shape index (κ1) is 15.7. The summed E-state index contributed by atoms with van der Waals surface area (Å²) in [5, 5.41) is 9.29. The van der Waals surface area contributed by atoms with Gasteiger partial charge in [0.15, 0.2) is 12.1 Å². The molecule has 5 atom stereocenters. The van der Waals surface area contributed by atoms with Crippen molar-refractivity contribution in [1.82, 2.24) is 0 Å². The highest BCUT2D eigenvalue weighted by atomic mass is 16.8. The lowest BCUT2D eigenvalue weighted by Gasteiger charge is -2.24. The molecule has 2 fully saturated rings. The van der Waals surface area contributed by atoms with Crippen molar-refractivity contribution in [3.05, 3.63) is 0 Å². The number of hydrogen-bond donors (Lipinski definition) is 0. The Morgan fingerprint density at radius 1 is 1.25 bits per heavy atom. The summed E-state index contributed by atoms with van der Waals surface area (Å²) in [6, 6.07) is 2.38. The topological polar surface area (TPSA) is 60.7 Å². The van der Waals surface area contributed by atoms with Gasteiger partial charge in [0.2, 0.25) is 0 Å². The van der Waals surface area contributed by atoms with Crippen LogP contribution in [-0.4, -0.2) is 37.5 Å². The van der Waals surface area contributed by atoms with Crippen molar-refractivity contribution in [2.24, 2.45) is 11.8 Å². The van der Waals surface area contributed by atoms with Crippen LogP contribution in [0.5, 0.6) is 0 Å². The van der Waals surface area contributed by atoms with E-state index in [0.29, 0.717) is 12.3 Å². The summed E-state index contributed by atoms with van der Waals surface area (Å²) in [5.74, 6) is -0.148. The highest BCUT2D eigenvalue weighted by molar-refractivity contribution is 4.98. The minimum Gasteiger partial charge on any atom is -0.353 e. The van der Waals surface area contributed by atoms with Crippen LogP contribution in [0, 0.1) is 23.2 Å². The molecule has 114 valence electrons. The fourth-order valence-electron chi connectivity index (χ4n) is 3.07. The molecule has 5 nitrogen and oxygen atoms in total. The number of ether oxygens (including phenoxy) is 4. The molecule has 2 heterocycles. The van der Waals surface area contributed by atoms with Crippen LogP contribution in [0.4, 0.5) is 0 Å². The highest BCUT2D eigenvalue weighted by Gasteiger charge is 2.55. The first-order valence-electron chi connectivity index (χ1n) is 7.29. The van der Waals surface area contributed by atoms with Crippen LogP contribution in [0.25, 0.3) is 0 Å². The number of nitrogens with zero attached hydrogens (tertiary/aromatic N) is 1. The predicted octanol–water partition coefficient (Wildman–Crippen LogP) is 2.45. The van der Waals surface area contributed by atoms with Gasteiger partial charge in [0.05, 0.1) is 12.2 Å². The van der Waals surface area contributed by atoms with Crippen molar-refractivity contribution in [3.8, 4) is 6.07 Å². The van der Waals surface area contributed by atoms with E-state index in [2.05, 4.69) is 19.9 Å². The predicted molar refractivity (Wildman–Crippen MR) is 72.7 cm³/mol. The maximum atomic E-state index is 9.29. The van der Waals surface area contributed by atoms with Crippen molar-refractivity contribution >= 4 is 0 Å². The lowest BCUT2D eigenvalue weighted by atomic mass is 9.91. The average Bonchev–Trinajstić information content (AvgIpc) is 2.82. The van der Waals surface area contributed by atoms with Crippen molar-refractivity contribution in [2.45, 2.75) is 70.9 Å². The molecule has 0 bridgehead atoms. The second-order valence-electron chi connectivity index (χ2n) is 6.53. The van der Waals surface area contributed by atoms with Crippen LogP contribution >= 0.6 is 0 Å². The molecule has 2 saturated heterocycles. The summed E-state index contributed by atoms with van der Waals surface area (Å²) in [6.07, 6.45) is 0.613. The van der Waals surface area contributed by atoms with Gasteiger partial charge in [-0.2, -0.15) is 5.26 Å². The molecule has 5 heteroatoms. The molecule has 0 saturated carbocycles. The third-order valence-electron chi connectivity index (χ3n) is 3.79. The second-order valence-corrected chi connectivity index (χ2v) is 6.53. The van der Waals surface area contributed by atoms with Gasteiger partial charge in [-0.15, -0.1) is 0 Å². The Hall–Kier alpha value is -0.670. The van der Waals surface area contributed by atoms with Gasteiger partial charge in [-0.25, -0.2) is 0 Å². The van der Waals surface area contributed by atoms with E-state index in [4.69, 9.17) is 18.9 Å². The van der Waals surface area contributed by atoms with Gasteiger partial charge in [0.1, 0.15) is 12.2 Å². The quantitative estimate of drug-likeness (QED) is 0.775. The first-order valence-corrected chi connectivity index (χ1v) is 7.29. The zero-order chi connectivity index (χ0) is 14.9. The van der Waals surface area contributed by atoms with Crippen molar-refractivity contribution < 1.29 is 18.9 Å². The minimum absolute atomic E-state index is 0.0245. The zero-order valence-corrected chi connectivity index (χ0v) is 13.0. The van der Waals surface area contributed by atoms with E-state index in [0.717, 1.165) is 6.42 Å². The standard InChI is InChI=1S/C15H25NO4/c1-9(2)6-10(8-16)7-11-12-13(14(17-5)18-11)20-15(3,4)19-12/h9-14H,6-7H2,1-5H3/t10?,11-,12-,13-,14-/m1/s1. The molecule has 0 N–H and O–H groups in total. The molecule has 1 unspecified atom stereocenters. The second kappa shape index (κ2) is 5.98. The fraction of sp³-hybridized carbons (Fsp3) is 0.933. The Morgan fingerprint density at radius 2 is 1.90 bits per heavy atom. The Bertz CT molecular complexity index is 377. The van der Waals surface area contributed by atoms with Gasteiger partial charge < -0.3 is 18.9 Å². The van der Waals surface area contributed by atoms with E-state index in [1.807, 2.05) is 13.8 Å². The highest BCUT2D eigenvalue weighted by Crippen LogP contribution is 2.41. The Balaban J connectivity index is 2.03. The molecule has 2 rings (SSSR count). The van der Waals surface area contributed by atoms with Crippen molar-refractivity contribution in [3.63, 3.8) is 0 Å². The summed E-state index contributed by atoms with van der Waals surface area (Å²) in [7, 11) is 1.61. The number of methoxy groups -OCH3 is 1. The van der Waals surface area contributed by atoms with Crippen LogP contribution in [0.15, 0.2) is 0 Å². The SMILES string of the molecule is CO[C@@H]1O[C@H](CC(C#N)CC(C)C)[C@H]2OC(C)(C)O[C@@H]12. The smallest absolute Gasteiger partial charge is 0.186 e. The van der Waals surface area contributed by atoms with Crippen LogP contribution in [0.1, 0.15) is 40.5 Å². The third-order valence-corrected chi connectivity index (χ3v) is 3.79. The van der Waals surface area contributed by atoms with E-state index in [1.165, 1.54) is 0 Å². The lowest BCUT2D eigenvalue weighted by Crippen LogP contribution is -2.31. The van der Waals surface area contributed by atoms with E-state index in [1.54, 1.807) is 7.11 Å². The molecular weight excluding hydrogens is 258 g/mol. The maximum Gasteiger partial charge on any atom is 0.186 e. The first-order chi connectivity index (χ1) is 9.36. The van der Waals surface area contributed by atoms with Crippen molar-refractivity contribution in [2.75, 3.05) is 7.11 Å². The Kier molecular flexibility index (Phi) is 4.70. The van der Waals surface area contributed by atoms with Gasteiger partial charge in [0.25, 0.3) is 0 Å². The average molecular weight is 283 g/mol. The molecular formula is C15H25NO4. The van der Waals surface area contributed by atoms with Crippen LogP contribution < -0.4 is 0 Å². The Morgan fingerprint density at radius 3 is 2.45 bits per heavy atom. The lowest BCUT2D eigenvalue weighted by molar-refractivity contribution is -0.228. The van der Waals surface area contributed by atoms with Crippen molar-refractivity contribution in [1.29, 1.82) is 5.26 Å². The molecule has 0 aromatic rings. The molecule has 0 aliphatic carbocycles. The summed E-state index contributed by atoms with van der Waals surface area (Å²) in [4.78, 5) is 0. The molecule has 2 aliphatic heterocycles. The summed E-state index contributed by atoms with van der Waals surface area (Å²) in [6.45, 7) is 8.04. The van der Waals surface area contributed by atoms with Gasteiger partial charge in [0, 0.05) is 13.0 Å². The maximum absolute atomic E-state index is 9.29. The van der Waals surface area contributed by atoms with Crippen LogP contribution in [0.2, 0.25) is 0 Å². The van der Waals surface area contributed by atoms with Crippen LogP contribution in [-0.2, 0) is 18.9 Å². The van der Waals surface area contributed by atoms with Gasteiger partial charge in [-0.1, -0.05) is 13.8 Å². The van der Waals surface area contributed by atoms with E-state index in [-0.39, 0.29) is 24.2 Å². The van der Waals surface area contributed by atoms with Gasteiger partial charge >= 0.3 is 0 Å². The third kappa shape index (κ3) is 3.32. The molecule has 2 aliphatic rings. The molecule has 0 amide bonds. The summed E-state index contributed by atoms with van der Waals surface area (Å²) >= 11 is 0. The Labute approximate surface area is 121 Å². The number of nitriles is 1. The summed E-state index contributed by atoms with van der Waals surface area (Å²) in [5.41, 5.74) is 0. The normalized spacial score (nSPS) is 36.9. The number of hydrogen-bond acceptors (Lipinski definition) is 5. The minimum atomic E-state index is -0.617. The van der Waals surface area contributed by atoms with E-state index >= 15 is 0 Å². The largest absolute Gasteiger partial charge is 0.353 e. The molecule has 0 radical (unpaired) electrons. The van der Waals surface area contributed by atoms with E-state index < -0.39 is 12.1 Å². The van der Waals surface area contributed by atoms with Gasteiger partial charge in [-0.05, 0) is 32.6 Å². The number of rotatable bonds is 5. The molecule has 0 aromatic carbocycles. The molecule has 0 spiro atoms. The molecule has 0 aromatic heterocycles. The van der Waals surface area contributed by atoms with Gasteiger partial charge in [-0.3, -0.25) is 0 Å².